The van der Waals surface area contributed by atoms with Crippen molar-refractivity contribution < 1.29 is 9.21 Å². The van der Waals surface area contributed by atoms with E-state index in [2.05, 4.69) is 20.5 Å². The second-order valence-electron chi connectivity index (χ2n) is 5.25. The first-order valence-corrected chi connectivity index (χ1v) is 7.55. The van der Waals surface area contributed by atoms with E-state index in [1.807, 2.05) is 30.3 Å². The summed E-state index contributed by atoms with van der Waals surface area (Å²) in [5.41, 5.74) is 1.18. The number of hydrogen-bond acceptors (Lipinski definition) is 5. The minimum atomic E-state index is -0.193. The fourth-order valence-corrected chi connectivity index (χ4v) is 2.44. The maximum absolute atomic E-state index is 12.1. The van der Waals surface area contributed by atoms with E-state index in [0.717, 1.165) is 38.3 Å². The van der Waals surface area contributed by atoms with E-state index in [4.69, 9.17) is 4.42 Å². The van der Waals surface area contributed by atoms with Gasteiger partial charge in [-0.05, 0) is 12.1 Å². The normalized spacial score (nSPS) is 15.6. The molecule has 116 valence electrons. The number of carbonyl (C=O) groups is 1. The Morgan fingerprint density at radius 2 is 2.05 bits per heavy atom. The zero-order chi connectivity index (χ0) is 15.2. The predicted octanol–water partition coefficient (Wildman–Crippen LogP) is 0.977. The molecule has 3 rings (SSSR count). The zero-order valence-electron chi connectivity index (χ0n) is 12.4. The van der Waals surface area contributed by atoms with Crippen molar-refractivity contribution in [3.8, 4) is 11.5 Å². The molecule has 6 nitrogen and oxygen atoms in total. The Labute approximate surface area is 129 Å². The Balaban J connectivity index is 1.51. The molecule has 0 saturated carbocycles. The molecule has 6 heteroatoms. The van der Waals surface area contributed by atoms with E-state index >= 15 is 0 Å². The fourth-order valence-electron chi connectivity index (χ4n) is 2.44. The second-order valence-corrected chi connectivity index (χ2v) is 5.25. The monoisotopic (exact) mass is 300 g/mol. The summed E-state index contributed by atoms with van der Waals surface area (Å²) in [5.74, 6) is 0.272. The largest absolute Gasteiger partial charge is 0.444 e. The van der Waals surface area contributed by atoms with Crippen LogP contribution in [-0.2, 0) is 0 Å². The Kier molecular flexibility index (Phi) is 4.82. The molecule has 2 aromatic rings. The van der Waals surface area contributed by atoms with E-state index in [1.54, 1.807) is 0 Å². The molecule has 0 bridgehead atoms. The molecular weight excluding hydrogens is 280 g/mol. The number of nitrogens with zero attached hydrogens (tertiary/aromatic N) is 2. The number of hydrogen-bond donors (Lipinski definition) is 2. The highest BCUT2D eigenvalue weighted by atomic mass is 16.3. The lowest BCUT2D eigenvalue weighted by Gasteiger charge is -2.26. The number of oxazole rings is 1. The summed E-state index contributed by atoms with van der Waals surface area (Å²) < 4.78 is 5.38. The first kappa shape index (κ1) is 14.7. The van der Waals surface area contributed by atoms with Crippen molar-refractivity contribution in [3.05, 3.63) is 42.3 Å². The maximum Gasteiger partial charge on any atom is 0.273 e. The Bertz CT molecular complexity index is 606. The molecule has 2 heterocycles. The predicted molar refractivity (Wildman–Crippen MR) is 83.6 cm³/mol. The summed E-state index contributed by atoms with van der Waals surface area (Å²) in [6.45, 7) is 5.55. The highest BCUT2D eigenvalue weighted by Crippen LogP contribution is 2.17. The first-order chi connectivity index (χ1) is 10.8. The molecule has 1 aromatic heterocycles. The number of piperazine rings is 1. The molecule has 0 radical (unpaired) electrons. The fraction of sp³-hybridized carbons (Fsp3) is 0.375. The molecule has 22 heavy (non-hydrogen) atoms. The third-order valence-corrected chi connectivity index (χ3v) is 3.68. The highest BCUT2D eigenvalue weighted by molar-refractivity contribution is 5.92. The molecule has 2 N–H and O–H groups in total. The van der Waals surface area contributed by atoms with Gasteiger partial charge < -0.3 is 15.1 Å². The van der Waals surface area contributed by atoms with Gasteiger partial charge in [0.25, 0.3) is 5.91 Å². The van der Waals surface area contributed by atoms with Crippen molar-refractivity contribution in [2.75, 3.05) is 39.3 Å². The van der Waals surface area contributed by atoms with Crippen LogP contribution in [0.5, 0.6) is 0 Å². The summed E-state index contributed by atoms with van der Waals surface area (Å²) in [7, 11) is 0. The Morgan fingerprint density at radius 1 is 1.27 bits per heavy atom. The van der Waals surface area contributed by atoms with E-state index in [9.17, 15) is 4.79 Å². The minimum absolute atomic E-state index is 0.193. The van der Waals surface area contributed by atoms with Crippen LogP contribution >= 0.6 is 0 Å². The molecule has 1 aliphatic heterocycles. The number of amides is 1. The third-order valence-electron chi connectivity index (χ3n) is 3.68. The summed E-state index contributed by atoms with van der Waals surface area (Å²) in [4.78, 5) is 18.6. The number of carbonyl (C=O) groups excluding carboxylic acids is 1. The molecule has 0 unspecified atom stereocenters. The molecular formula is C16H20N4O2. The molecule has 1 aliphatic rings. The van der Waals surface area contributed by atoms with Gasteiger partial charge in [0.15, 0.2) is 5.69 Å². The van der Waals surface area contributed by atoms with Crippen molar-refractivity contribution in [1.29, 1.82) is 0 Å². The minimum Gasteiger partial charge on any atom is -0.444 e. The summed E-state index contributed by atoms with van der Waals surface area (Å²) in [5, 5.41) is 6.19. The van der Waals surface area contributed by atoms with Gasteiger partial charge in [-0.3, -0.25) is 9.69 Å². The van der Waals surface area contributed by atoms with Gasteiger partial charge in [-0.2, -0.15) is 0 Å². The lowest BCUT2D eigenvalue weighted by Crippen LogP contribution is -2.46. The van der Waals surface area contributed by atoms with Gasteiger partial charge >= 0.3 is 0 Å². The van der Waals surface area contributed by atoms with Gasteiger partial charge in [-0.25, -0.2) is 4.98 Å². The molecule has 0 spiro atoms. The van der Waals surface area contributed by atoms with Crippen LogP contribution in [0.4, 0.5) is 0 Å². The number of nitrogens with one attached hydrogen (secondary N) is 2. The first-order valence-electron chi connectivity index (χ1n) is 7.55. The zero-order valence-corrected chi connectivity index (χ0v) is 12.4. The van der Waals surface area contributed by atoms with E-state index in [1.165, 1.54) is 6.26 Å². The average Bonchev–Trinajstić information content (AvgIpc) is 3.07. The molecule has 1 amide bonds. The summed E-state index contributed by atoms with van der Waals surface area (Å²) in [6, 6.07) is 9.55. The lowest BCUT2D eigenvalue weighted by molar-refractivity contribution is 0.0942. The van der Waals surface area contributed by atoms with Crippen LogP contribution in [0, 0.1) is 0 Å². The van der Waals surface area contributed by atoms with Crippen LogP contribution in [0.1, 0.15) is 10.5 Å². The number of aromatic nitrogens is 1. The van der Waals surface area contributed by atoms with Crippen molar-refractivity contribution in [1.82, 2.24) is 20.5 Å². The standard InChI is InChI=1S/C16H20N4O2/c21-15(18-8-11-20-9-6-17-7-10-20)14-12-22-16(19-14)13-4-2-1-3-5-13/h1-5,12,17H,6-11H2,(H,18,21). The quantitative estimate of drug-likeness (QED) is 0.861. The van der Waals surface area contributed by atoms with Gasteiger partial charge in [0.1, 0.15) is 6.26 Å². The average molecular weight is 300 g/mol. The molecule has 1 saturated heterocycles. The maximum atomic E-state index is 12.1. The van der Waals surface area contributed by atoms with Crippen LogP contribution < -0.4 is 10.6 Å². The summed E-state index contributed by atoms with van der Waals surface area (Å²) >= 11 is 0. The molecule has 1 aromatic carbocycles. The van der Waals surface area contributed by atoms with Gasteiger partial charge in [-0.15, -0.1) is 0 Å². The van der Waals surface area contributed by atoms with E-state index < -0.39 is 0 Å². The van der Waals surface area contributed by atoms with Crippen molar-refractivity contribution in [2.45, 2.75) is 0 Å². The van der Waals surface area contributed by atoms with Crippen molar-refractivity contribution >= 4 is 5.91 Å². The molecule has 1 fully saturated rings. The Hall–Kier alpha value is -2.18. The second kappa shape index (κ2) is 7.20. The molecule has 0 atom stereocenters. The lowest BCUT2D eigenvalue weighted by atomic mass is 10.2. The van der Waals surface area contributed by atoms with Gasteiger partial charge in [-0.1, -0.05) is 18.2 Å². The van der Waals surface area contributed by atoms with Crippen LogP contribution in [-0.4, -0.2) is 55.1 Å². The SMILES string of the molecule is O=C(NCCN1CCNCC1)c1coc(-c2ccccc2)n1. The summed E-state index contributed by atoms with van der Waals surface area (Å²) in [6.07, 6.45) is 1.41. The van der Waals surface area contributed by atoms with Crippen molar-refractivity contribution in [3.63, 3.8) is 0 Å². The topological polar surface area (TPSA) is 70.4 Å². The number of rotatable bonds is 5. The smallest absolute Gasteiger partial charge is 0.273 e. The van der Waals surface area contributed by atoms with Gasteiger partial charge in [0, 0.05) is 44.8 Å². The van der Waals surface area contributed by atoms with E-state index in [0.29, 0.717) is 18.1 Å². The van der Waals surface area contributed by atoms with Crippen LogP contribution in [0.15, 0.2) is 41.0 Å². The Morgan fingerprint density at radius 3 is 2.82 bits per heavy atom. The van der Waals surface area contributed by atoms with Crippen molar-refractivity contribution in [2.24, 2.45) is 0 Å². The third kappa shape index (κ3) is 3.72. The van der Waals surface area contributed by atoms with Crippen LogP contribution in [0.2, 0.25) is 0 Å². The number of benzene rings is 1. The van der Waals surface area contributed by atoms with Crippen LogP contribution in [0.3, 0.4) is 0 Å². The molecule has 0 aliphatic carbocycles. The van der Waals surface area contributed by atoms with Gasteiger partial charge in [0.05, 0.1) is 0 Å². The van der Waals surface area contributed by atoms with E-state index in [-0.39, 0.29) is 5.91 Å². The van der Waals surface area contributed by atoms with Crippen LogP contribution in [0.25, 0.3) is 11.5 Å². The highest BCUT2D eigenvalue weighted by Gasteiger charge is 2.14. The van der Waals surface area contributed by atoms with Gasteiger partial charge in [0.2, 0.25) is 5.89 Å².